The van der Waals surface area contributed by atoms with Gasteiger partial charge in [-0.3, -0.25) is 4.98 Å². The SMILES string of the molecule is CCCNc1cncc(SC(C)(C)C)n1. The van der Waals surface area contributed by atoms with Crippen LogP contribution in [0.2, 0.25) is 0 Å². The fourth-order valence-electron chi connectivity index (χ4n) is 1.05. The van der Waals surface area contributed by atoms with Gasteiger partial charge in [0, 0.05) is 11.3 Å². The van der Waals surface area contributed by atoms with Crippen LogP contribution in [0.1, 0.15) is 34.1 Å². The molecule has 0 fully saturated rings. The lowest BCUT2D eigenvalue weighted by Gasteiger charge is -2.16. The van der Waals surface area contributed by atoms with Crippen molar-refractivity contribution >= 4 is 17.6 Å². The standard InChI is InChI=1S/C11H19N3S/c1-5-6-13-9-7-12-8-10(14-9)15-11(2,3)4/h7-8H,5-6H2,1-4H3,(H,13,14). The first-order chi connectivity index (χ1) is 7.01. The summed E-state index contributed by atoms with van der Waals surface area (Å²) < 4.78 is 0.179. The van der Waals surface area contributed by atoms with Crippen molar-refractivity contribution in [1.29, 1.82) is 0 Å². The van der Waals surface area contributed by atoms with E-state index in [0.717, 1.165) is 23.8 Å². The second-order valence-electron chi connectivity index (χ2n) is 4.38. The van der Waals surface area contributed by atoms with Gasteiger partial charge in [0.2, 0.25) is 0 Å². The van der Waals surface area contributed by atoms with E-state index in [9.17, 15) is 0 Å². The minimum absolute atomic E-state index is 0.179. The van der Waals surface area contributed by atoms with Crippen LogP contribution in [0, 0.1) is 0 Å². The lowest BCUT2D eigenvalue weighted by atomic mass is 10.3. The molecule has 4 heteroatoms. The Bertz CT molecular complexity index is 307. The molecule has 0 saturated carbocycles. The van der Waals surface area contributed by atoms with Gasteiger partial charge in [0.1, 0.15) is 10.8 Å². The molecule has 0 amide bonds. The van der Waals surface area contributed by atoms with Gasteiger partial charge in [0.15, 0.2) is 0 Å². The molecule has 3 nitrogen and oxygen atoms in total. The molecule has 0 radical (unpaired) electrons. The molecule has 1 aromatic rings. The molecule has 0 aliphatic rings. The Balaban J connectivity index is 2.66. The third-order valence-corrected chi connectivity index (χ3v) is 2.60. The van der Waals surface area contributed by atoms with Crippen molar-refractivity contribution in [2.45, 2.75) is 43.9 Å². The van der Waals surface area contributed by atoms with Gasteiger partial charge in [-0.2, -0.15) is 0 Å². The van der Waals surface area contributed by atoms with Crippen molar-refractivity contribution in [3.05, 3.63) is 12.4 Å². The summed E-state index contributed by atoms with van der Waals surface area (Å²) in [4.78, 5) is 8.66. The van der Waals surface area contributed by atoms with Crippen molar-refractivity contribution in [2.24, 2.45) is 0 Å². The van der Waals surface area contributed by atoms with E-state index in [4.69, 9.17) is 0 Å². The first kappa shape index (κ1) is 12.3. The van der Waals surface area contributed by atoms with Crippen LogP contribution in [0.15, 0.2) is 17.4 Å². The second-order valence-corrected chi connectivity index (χ2v) is 6.23. The molecule has 84 valence electrons. The summed E-state index contributed by atoms with van der Waals surface area (Å²) in [5.41, 5.74) is 0. The molecule has 0 saturated heterocycles. The highest BCUT2D eigenvalue weighted by atomic mass is 32.2. The van der Waals surface area contributed by atoms with Gasteiger partial charge >= 0.3 is 0 Å². The maximum Gasteiger partial charge on any atom is 0.145 e. The molecule has 0 aliphatic heterocycles. The van der Waals surface area contributed by atoms with E-state index >= 15 is 0 Å². The Labute approximate surface area is 96.1 Å². The number of hydrogen-bond acceptors (Lipinski definition) is 4. The van der Waals surface area contributed by atoms with E-state index < -0.39 is 0 Å². The predicted molar refractivity (Wildman–Crippen MR) is 66.4 cm³/mol. The highest BCUT2D eigenvalue weighted by molar-refractivity contribution is 8.00. The topological polar surface area (TPSA) is 37.8 Å². The number of rotatable bonds is 4. The molecule has 1 N–H and O–H groups in total. The monoisotopic (exact) mass is 225 g/mol. The number of aromatic nitrogens is 2. The molecule has 1 rings (SSSR count). The maximum absolute atomic E-state index is 4.48. The first-order valence-corrected chi connectivity index (χ1v) is 6.08. The van der Waals surface area contributed by atoms with Gasteiger partial charge in [-0.25, -0.2) is 4.98 Å². The van der Waals surface area contributed by atoms with E-state index in [1.165, 1.54) is 0 Å². The Hall–Kier alpha value is -0.770. The minimum Gasteiger partial charge on any atom is -0.369 e. The van der Waals surface area contributed by atoms with Crippen molar-refractivity contribution in [2.75, 3.05) is 11.9 Å². The van der Waals surface area contributed by atoms with Crippen molar-refractivity contribution in [3.63, 3.8) is 0 Å². The summed E-state index contributed by atoms with van der Waals surface area (Å²) in [7, 11) is 0. The molecule has 0 bridgehead atoms. The fourth-order valence-corrected chi connectivity index (χ4v) is 1.93. The average Bonchev–Trinajstić information content (AvgIpc) is 2.12. The smallest absolute Gasteiger partial charge is 0.145 e. The molecule has 0 spiro atoms. The molecule has 0 aromatic carbocycles. The molecule has 15 heavy (non-hydrogen) atoms. The molecule has 0 atom stereocenters. The summed E-state index contributed by atoms with van der Waals surface area (Å²) in [6.45, 7) is 9.59. The lowest BCUT2D eigenvalue weighted by Crippen LogP contribution is -2.08. The van der Waals surface area contributed by atoms with Crippen LogP contribution < -0.4 is 5.32 Å². The number of nitrogens with one attached hydrogen (secondary N) is 1. The van der Waals surface area contributed by atoms with Crippen molar-refractivity contribution in [1.82, 2.24) is 9.97 Å². The zero-order valence-corrected chi connectivity index (χ0v) is 10.7. The highest BCUT2D eigenvalue weighted by Gasteiger charge is 2.13. The molecule has 1 aromatic heterocycles. The molecule has 1 heterocycles. The lowest BCUT2D eigenvalue weighted by molar-refractivity contribution is 0.798. The fraction of sp³-hybridized carbons (Fsp3) is 0.636. The van der Waals surface area contributed by atoms with Crippen molar-refractivity contribution in [3.8, 4) is 0 Å². The van der Waals surface area contributed by atoms with Gasteiger partial charge in [-0.1, -0.05) is 39.5 Å². The van der Waals surface area contributed by atoms with E-state index in [1.54, 1.807) is 18.0 Å². The van der Waals surface area contributed by atoms with Crippen molar-refractivity contribution < 1.29 is 0 Å². The summed E-state index contributed by atoms with van der Waals surface area (Å²) in [5.74, 6) is 0.867. The molecular weight excluding hydrogens is 206 g/mol. The largest absolute Gasteiger partial charge is 0.369 e. The molecule has 0 aliphatic carbocycles. The molecular formula is C11H19N3S. The number of nitrogens with zero attached hydrogens (tertiary/aromatic N) is 2. The van der Waals surface area contributed by atoms with Gasteiger partial charge in [-0.05, 0) is 6.42 Å². The van der Waals surface area contributed by atoms with Gasteiger partial charge in [-0.15, -0.1) is 0 Å². The van der Waals surface area contributed by atoms with Crippen LogP contribution >= 0.6 is 11.8 Å². The van der Waals surface area contributed by atoms with E-state index in [2.05, 4.69) is 43.0 Å². The normalized spacial score (nSPS) is 11.5. The van der Waals surface area contributed by atoms with Crippen LogP contribution in [-0.2, 0) is 0 Å². The zero-order valence-electron chi connectivity index (χ0n) is 9.87. The summed E-state index contributed by atoms with van der Waals surface area (Å²) in [6, 6.07) is 0. The van der Waals surface area contributed by atoms with Crippen LogP contribution in [0.5, 0.6) is 0 Å². The van der Waals surface area contributed by atoms with Crippen LogP contribution in [0.25, 0.3) is 0 Å². The van der Waals surface area contributed by atoms with Crippen LogP contribution in [0.3, 0.4) is 0 Å². The summed E-state index contributed by atoms with van der Waals surface area (Å²) in [5, 5.41) is 4.21. The zero-order chi connectivity index (χ0) is 11.3. The van der Waals surface area contributed by atoms with E-state index in [-0.39, 0.29) is 4.75 Å². The number of anilines is 1. The van der Waals surface area contributed by atoms with Crippen LogP contribution in [0.4, 0.5) is 5.82 Å². The molecule has 0 unspecified atom stereocenters. The first-order valence-electron chi connectivity index (χ1n) is 5.26. The Morgan fingerprint density at radius 3 is 2.67 bits per heavy atom. The average molecular weight is 225 g/mol. The third kappa shape index (κ3) is 5.02. The minimum atomic E-state index is 0.179. The summed E-state index contributed by atoms with van der Waals surface area (Å²) >= 11 is 1.73. The van der Waals surface area contributed by atoms with E-state index in [1.807, 2.05) is 6.20 Å². The van der Waals surface area contributed by atoms with Gasteiger partial charge < -0.3 is 5.32 Å². The third-order valence-electron chi connectivity index (χ3n) is 1.58. The number of hydrogen-bond donors (Lipinski definition) is 1. The quantitative estimate of drug-likeness (QED) is 0.799. The Morgan fingerprint density at radius 1 is 1.33 bits per heavy atom. The predicted octanol–water partition coefficient (Wildman–Crippen LogP) is 3.19. The van der Waals surface area contributed by atoms with Crippen LogP contribution in [-0.4, -0.2) is 21.3 Å². The number of thioether (sulfide) groups is 1. The maximum atomic E-state index is 4.48. The highest BCUT2D eigenvalue weighted by Crippen LogP contribution is 2.30. The van der Waals surface area contributed by atoms with Gasteiger partial charge in [0.25, 0.3) is 0 Å². The Morgan fingerprint density at radius 2 is 2.07 bits per heavy atom. The van der Waals surface area contributed by atoms with E-state index in [0.29, 0.717) is 0 Å². The second kappa shape index (κ2) is 5.35. The van der Waals surface area contributed by atoms with Gasteiger partial charge in [0.05, 0.1) is 12.4 Å². The summed E-state index contributed by atoms with van der Waals surface area (Å²) in [6.07, 6.45) is 4.67. The Kier molecular flexibility index (Phi) is 4.39.